The van der Waals surface area contributed by atoms with Gasteiger partial charge in [0.15, 0.2) is 0 Å². The lowest BCUT2D eigenvalue weighted by atomic mass is 9.83. The number of hydrogen-bond donors (Lipinski definition) is 1. The minimum atomic E-state index is -3.42. The van der Waals surface area contributed by atoms with Crippen LogP contribution in [0.25, 0.3) is 0 Å². The normalized spacial score (nSPS) is 23.9. The van der Waals surface area contributed by atoms with Gasteiger partial charge in [0, 0.05) is 13.1 Å². The lowest BCUT2D eigenvalue weighted by Gasteiger charge is -2.36. The molecule has 0 saturated carbocycles. The Kier molecular flexibility index (Phi) is 4.68. The smallest absolute Gasteiger partial charge is 0.310 e. The summed E-state index contributed by atoms with van der Waals surface area (Å²) >= 11 is 0. The maximum Gasteiger partial charge on any atom is 0.310 e. The molecule has 1 aromatic carbocycles. The highest BCUT2D eigenvalue weighted by Gasteiger charge is 2.41. The van der Waals surface area contributed by atoms with Gasteiger partial charge in [-0.25, -0.2) is 12.7 Å². The van der Waals surface area contributed by atoms with E-state index in [1.807, 2.05) is 30.3 Å². The van der Waals surface area contributed by atoms with Crippen molar-refractivity contribution < 1.29 is 18.3 Å². The summed E-state index contributed by atoms with van der Waals surface area (Å²) in [6.07, 6.45) is 1.56. The standard InChI is InChI=1S/C15H21NO4S/c1-15(14(17)18)9-5-10-16(12-15)21(19,20)11-8-13-6-3-2-4-7-13/h2-4,6-7H,5,8-12H2,1H3,(H,17,18). The zero-order valence-electron chi connectivity index (χ0n) is 12.2. The van der Waals surface area contributed by atoms with Crippen molar-refractivity contribution in [3.63, 3.8) is 0 Å². The Morgan fingerprint density at radius 2 is 2.00 bits per heavy atom. The van der Waals surface area contributed by atoms with E-state index in [9.17, 15) is 18.3 Å². The van der Waals surface area contributed by atoms with Gasteiger partial charge in [-0.2, -0.15) is 0 Å². The van der Waals surface area contributed by atoms with Crippen LogP contribution >= 0.6 is 0 Å². The second-order valence-electron chi connectivity index (χ2n) is 5.85. The second kappa shape index (κ2) is 6.15. The number of benzene rings is 1. The van der Waals surface area contributed by atoms with Gasteiger partial charge in [-0.3, -0.25) is 4.79 Å². The van der Waals surface area contributed by atoms with Crippen molar-refractivity contribution in [1.82, 2.24) is 4.31 Å². The van der Waals surface area contributed by atoms with Gasteiger partial charge in [0.2, 0.25) is 10.0 Å². The number of piperidine rings is 1. The molecule has 0 aliphatic carbocycles. The molecule has 0 amide bonds. The van der Waals surface area contributed by atoms with E-state index in [2.05, 4.69) is 0 Å². The molecule has 1 saturated heterocycles. The second-order valence-corrected chi connectivity index (χ2v) is 7.94. The molecule has 1 aromatic rings. The van der Waals surface area contributed by atoms with Crippen molar-refractivity contribution in [2.45, 2.75) is 26.2 Å². The van der Waals surface area contributed by atoms with Gasteiger partial charge in [0.1, 0.15) is 0 Å². The number of hydrogen-bond acceptors (Lipinski definition) is 3. The third-order valence-electron chi connectivity index (χ3n) is 4.06. The van der Waals surface area contributed by atoms with Crippen LogP contribution in [0.4, 0.5) is 0 Å². The third-order valence-corrected chi connectivity index (χ3v) is 5.88. The minimum absolute atomic E-state index is 0.0205. The lowest BCUT2D eigenvalue weighted by molar-refractivity contribution is -0.150. The van der Waals surface area contributed by atoms with Gasteiger partial charge in [-0.05, 0) is 31.7 Å². The number of nitrogens with zero attached hydrogens (tertiary/aromatic N) is 1. The van der Waals surface area contributed by atoms with E-state index >= 15 is 0 Å². The van der Waals surface area contributed by atoms with Gasteiger partial charge in [-0.15, -0.1) is 0 Å². The zero-order chi connectivity index (χ0) is 15.5. The Labute approximate surface area is 125 Å². The van der Waals surface area contributed by atoms with Crippen LogP contribution in [0.2, 0.25) is 0 Å². The van der Waals surface area contributed by atoms with Gasteiger partial charge >= 0.3 is 5.97 Å². The van der Waals surface area contributed by atoms with Crippen molar-refractivity contribution in [1.29, 1.82) is 0 Å². The Bertz CT molecular complexity index is 599. The van der Waals surface area contributed by atoms with E-state index in [-0.39, 0.29) is 12.3 Å². The van der Waals surface area contributed by atoms with Gasteiger partial charge in [0.25, 0.3) is 0 Å². The molecule has 0 aromatic heterocycles. The first kappa shape index (κ1) is 16.0. The minimum Gasteiger partial charge on any atom is -0.481 e. The highest BCUT2D eigenvalue weighted by atomic mass is 32.2. The number of sulfonamides is 1. The molecule has 1 unspecified atom stereocenters. The number of carboxylic acid groups (broad SMARTS) is 1. The van der Waals surface area contributed by atoms with Crippen molar-refractivity contribution in [3.8, 4) is 0 Å². The van der Waals surface area contributed by atoms with Gasteiger partial charge in [-0.1, -0.05) is 30.3 Å². The number of carboxylic acids is 1. The Morgan fingerprint density at radius 1 is 1.33 bits per heavy atom. The summed E-state index contributed by atoms with van der Waals surface area (Å²) in [4.78, 5) is 11.3. The van der Waals surface area contributed by atoms with Crippen LogP contribution in [0.3, 0.4) is 0 Å². The maximum atomic E-state index is 12.4. The predicted molar refractivity (Wildman–Crippen MR) is 80.5 cm³/mol. The molecule has 1 aliphatic heterocycles. The SMILES string of the molecule is CC1(C(=O)O)CCCN(S(=O)(=O)CCc2ccccc2)C1. The molecule has 0 spiro atoms. The molecule has 1 heterocycles. The lowest BCUT2D eigenvalue weighted by Crippen LogP contribution is -2.49. The molecule has 1 N–H and O–H groups in total. The monoisotopic (exact) mass is 311 g/mol. The van der Waals surface area contributed by atoms with Crippen LogP contribution in [-0.2, 0) is 21.2 Å². The molecule has 1 fully saturated rings. The molecule has 1 atom stereocenters. The van der Waals surface area contributed by atoms with Crippen LogP contribution in [0.1, 0.15) is 25.3 Å². The summed E-state index contributed by atoms with van der Waals surface area (Å²) in [6.45, 7) is 2.10. The van der Waals surface area contributed by atoms with E-state index in [0.717, 1.165) is 5.56 Å². The average Bonchev–Trinajstić information content (AvgIpc) is 2.46. The van der Waals surface area contributed by atoms with E-state index in [1.54, 1.807) is 6.92 Å². The number of aliphatic carboxylic acids is 1. The molecule has 0 bridgehead atoms. The fourth-order valence-electron chi connectivity index (χ4n) is 2.63. The summed E-state index contributed by atoms with van der Waals surface area (Å²) in [5.74, 6) is -0.905. The summed E-state index contributed by atoms with van der Waals surface area (Å²) in [5.41, 5.74) is -0.00277. The number of aryl methyl sites for hydroxylation is 1. The molecule has 1 aliphatic rings. The van der Waals surface area contributed by atoms with Crippen molar-refractivity contribution in [2.24, 2.45) is 5.41 Å². The molecular weight excluding hydrogens is 290 g/mol. The Hall–Kier alpha value is -1.40. The van der Waals surface area contributed by atoms with Crippen LogP contribution in [0, 0.1) is 5.41 Å². The van der Waals surface area contributed by atoms with E-state index in [4.69, 9.17) is 0 Å². The Morgan fingerprint density at radius 3 is 2.62 bits per heavy atom. The fraction of sp³-hybridized carbons (Fsp3) is 0.533. The van der Waals surface area contributed by atoms with E-state index in [0.29, 0.717) is 25.8 Å². The predicted octanol–water partition coefficient (Wildman–Crippen LogP) is 1.75. The summed E-state index contributed by atoms with van der Waals surface area (Å²) in [5, 5.41) is 9.27. The van der Waals surface area contributed by atoms with Crippen LogP contribution in [-0.4, -0.2) is 42.6 Å². The van der Waals surface area contributed by atoms with Gasteiger partial charge in [0.05, 0.1) is 11.2 Å². The molecular formula is C15H21NO4S. The highest BCUT2D eigenvalue weighted by Crippen LogP contribution is 2.31. The fourth-order valence-corrected chi connectivity index (χ4v) is 4.27. The zero-order valence-corrected chi connectivity index (χ0v) is 13.0. The van der Waals surface area contributed by atoms with E-state index in [1.165, 1.54) is 4.31 Å². The summed E-state index contributed by atoms with van der Waals surface area (Å²) in [7, 11) is -3.42. The number of carbonyl (C=O) groups is 1. The van der Waals surface area contributed by atoms with Crippen LogP contribution < -0.4 is 0 Å². The third kappa shape index (κ3) is 3.83. The van der Waals surface area contributed by atoms with Crippen molar-refractivity contribution in [3.05, 3.63) is 35.9 Å². The first-order valence-corrected chi connectivity index (χ1v) is 8.70. The first-order valence-electron chi connectivity index (χ1n) is 7.09. The summed E-state index contributed by atoms with van der Waals surface area (Å²) < 4.78 is 26.1. The highest BCUT2D eigenvalue weighted by molar-refractivity contribution is 7.89. The topological polar surface area (TPSA) is 74.7 Å². The summed E-state index contributed by atoms with van der Waals surface area (Å²) in [6, 6.07) is 9.44. The Balaban J connectivity index is 2.04. The van der Waals surface area contributed by atoms with Gasteiger partial charge < -0.3 is 5.11 Å². The largest absolute Gasteiger partial charge is 0.481 e. The quantitative estimate of drug-likeness (QED) is 0.899. The number of rotatable bonds is 5. The molecule has 21 heavy (non-hydrogen) atoms. The molecule has 5 nitrogen and oxygen atoms in total. The van der Waals surface area contributed by atoms with Crippen LogP contribution in [0.15, 0.2) is 30.3 Å². The molecule has 2 rings (SSSR count). The van der Waals surface area contributed by atoms with Crippen molar-refractivity contribution >= 4 is 16.0 Å². The average molecular weight is 311 g/mol. The van der Waals surface area contributed by atoms with Crippen LogP contribution in [0.5, 0.6) is 0 Å². The molecule has 0 radical (unpaired) electrons. The molecule has 116 valence electrons. The van der Waals surface area contributed by atoms with Crippen molar-refractivity contribution in [2.75, 3.05) is 18.8 Å². The molecule has 6 heteroatoms. The maximum absolute atomic E-state index is 12.4. The first-order chi connectivity index (χ1) is 9.83. The van der Waals surface area contributed by atoms with E-state index < -0.39 is 21.4 Å².